The fourth-order valence-corrected chi connectivity index (χ4v) is 1.84. The van der Waals surface area contributed by atoms with Gasteiger partial charge in [-0.2, -0.15) is 0 Å². The lowest BCUT2D eigenvalue weighted by atomic mass is 9.89. The van der Waals surface area contributed by atoms with Gasteiger partial charge in [0.05, 0.1) is 5.92 Å². The van der Waals surface area contributed by atoms with Crippen molar-refractivity contribution in [3.8, 4) is 0 Å². The zero-order valence-electron chi connectivity index (χ0n) is 7.94. The second kappa shape index (κ2) is 4.58. The van der Waals surface area contributed by atoms with Gasteiger partial charge in [0.15, 0.2) is 0 Å². The zero-order valence-corrected chi connectivity index (χ0v) is 7.94. The van der Waals surface area contributed by atoms with Crippen molar-refractivity contribution in [3.05, 3.63) is 0 Å². The van der Waals surface area contributed by atoms with Gasteiger partial charge in [0, 0.05) is 6.61 Å². The van der Waals surface area contributed by atoms with Crippen LogP contribution in [0.4, 0.5) is 0 Å². The number of hydrogen-bond acceptors (Lipinski definition) is 3. The molecule has 0 spiro atoms. The number of nitrogens with zero attached hydrogens (tertiary/aromatic N) is 1. The highest BCUT2D eigenvalue weighted by Gasteiger charge is 2.29. The van der Waals surface area contributed by atoms with E-state index < -0.39 is 5.97 Å². The van der Waals surface area contributed by atoms with Gasteiger partial charge >= 0.3 is 5.97 Å². The Morgan fingerprint density at radius 2 is 2.08 bits per heavy atom. The number of carboxylic acid groups (broad SMARTS) is 1. The minimum atomic E-state index is -0.769. The van der Waals surface area contributed by atoms with Gasteiger partial charge in [0.25, 0.3) is 0 Å². The molecule has 1 aliphatic heterocycles. The van der Waals surface area contributed by atoms with Crippen LogP contribution in [-0.2, 0) is 4.79 Å². The van der Waals surface area contributed by atoms with Crippen LogP contribution in [0.2, 0.25) is 0 Å². The van der Waals surface area contributed by atoms with Gasteiger partial charge in [-0.1, -0.05) is 0 Å². The Labute approximate surface area is 78.2 Å². The topological polar surface area (TPSA) is 60.8 Å². The third-order valence-corrected chi connectivity index (χ3v) is 2.82. The normalized spacial score (nSPS) is 31.2. The summed E-state index contributed by atoms with van der Waals surface area (Å²) in [5.41, 5.74) is 0. The van der Waals surface area contributed by atoms with Crippen molar-refractivity contribution in [1.29, 1.82) is 0 Å². The molecule has 2 N–H and O–H groups in total. The van der Waals surface area contributed by atoms with E-state index in [1.807, 2.05) is 7.05 Å². The zero-order chi connectivity index (χ0) is 9.84. The number of aliphatic hydroxyl groups is 1. The lowest BCUT2D eigenvalue weighted by molar-refractivity contribution is -0.144. The summed E-state index contributed by atoms with van der Waals surface area (Å²) in [5, 5.41) is 18.0. The highest BCUT2D eigenvalue weighted by atomic mass is 16.4. The summed E-state index contributed by atoms with van der Waals surface area (Å²) in [6.07, 6.45) is 1.43. The third-order valence-electron chi connectivity index (χ3n) is 2.82. The summed E-state index contributed by atoms with van der Waals surface area (Å²) in [6.45, 7) is 1.69. The molecule has 0 bridgehead atoms. The van der Waals surface area contributed by atoms with Crippen LogP contribution in [-0.4, -0.2) is 47.8 Å². The van der Waals surface area contributed by atoms with Crippen LogP contribution in [0.25, 0.3) is 0 Å². The van der Waals surface area contributed by atoms with Crippen LogP contribution < -0.4 is 0 Å². The summed E-state index contributed by atoms with van der Waals surface area (Å²) in [5.74, 6) is -1.20. The fraction of sp³-hybridized carbons (Fsp3) is 0.889. The number of likely N-dealkylation sites (tertiary alicyclic amines) is 1. The van der Waals surface area contributed by atoms with E-state index in [9.17, 15) is 4.79 Å². The number of rotatable bonds is 2. The number of aliphatic hydroxyl groups excluding tert-OH is 1. The van der Waals surface area contributed by atoms with Gasteiger partial charge in [-0.3, -0.25) is 4.79 Å². The van der Waals surface area contributed by atoms with E-state index in [4.69, 9.17) is 10.2 Å². The standard InChI is InChI=1S/C9H17NO3/c1-10-4-2-7(6-11)8(3-5-10)9(12)13/h7-8,11H,2-6H2,1H3,(H,12,13)/t7-,8-/m1/s1. The number of carboxylic acids is 1. The molecule has 2 atom stereocenters. The molecule has 1 rings (SSSR count). The first-order chi connectivity index (χ1) is 6.15. The summed E-state index contributed by atoms with van der Waals surface area (Å²) >= 11 is 0. The van der Waals surface area contributed by atoms with E-state index in [0.717, 1.165) is 19.5 Å². The average Bonchev–Trinajstić information content (AvgIpc) is 2.26. The van der Waals surface area contributed by atoms with Crippen LogP contribution in [0.3, 0.4) is 0 Å². The van der Waals surface area contributed by atoms with Crippen molar-refractivity contribution in [1.82, 2.24) is 4.90 Å². The second-order valence-corrected chi connectivity index (χ2v) is 3.77. The van der Waals surface area contributed by atoms with Crippen LogP contribution in [0.15, 0.2) is 0 Å². The molecule has 0 aromatic heterocycles. The first-order valence-electron chi connectivity index (χ1n) is 4.67. The molecule has 1 saturated heterocycles. The molecule has 0 aliphatic carbocycles. The quantitative estimate of drug-likeness (QED) is 0.640. The van der Waals surface area contributed by atoms with Gasteiger partial charge in [-0.25, -0.2) is 0 Å². The largest absolute Gasteiger partial charge is 0.481 e. The lowest BCUT2D eigenvalue weighted by Gasteiger charge is -2.17. The Morgan fingerprint density at radius 1 is 1.46 bits per heavy atom. The lowest BCUT2D eigenvalue weighted by Crippen LogP contribution is -2.26. The summed E-state index contributed by atoms with van der Waals surface area (Å²) in [7, 11) is 1.98. The molecule has 13 heavy (non-hydrogen) atoms. The first-order valence-corrected chi connectivity index (χ1v) is 4.67. The Hall–Kier alpha value is -0.610. The summed E-state index contributed by atoms with van der Waals surface area (Å²) in [6, 6.07) is 0. The molecule has 0 aromatic carbocycles. The predicted octanol–water partition coefficient (Wildman–Crippen LogP) is 0.0213. The molecule has 0 saturated carbocycles. The van der Waals surface area contributed by atoms with E-state index in [1.165, 1.54) is 0 Å². The molecule has 1 fully saturated rings. The highest BCUT2D eigenvalue weighted by molar-refractivity contribution is 5.70. The molecule has 0 aromatic rings. The molecule has 0 amide bonds. The average molecular weight is 187 g/mol. The molecule has 1 aliphatic rings. The third kappa shape index (κ3) is 2.67. The molecular weight excluding hydrogens is 170 g/mol. The van der Waals surface area contributed by atoms with Crippen molar-refractivity contribution in [3.63, 3.8) is 0 Å². The summed E-state index contributed by atoms with van der Waals surface area (Å²) in [4.78, 5) is 13.0. The van der Waals surface area contributed by atoms with Gasteiger partial charge < -0.3 is 15.1 Å². The van der Waals surface area contributed by atoms with E-state index in [2.05, 4.69) is 4.90 Å². The Bertz CT molecular complexity index is 184. The van der Waals surface area contributed by atoms with Gasteiger partial charge in [-0.15, -0.1) is 0 Å². The van der Waals surface area contributed by atoms with E-state index in [0.29, 0.717) is 6.42 Å². The summed E-state index contributed by atoms with van der Waals surface area (Å²) < 4.78 is 0. The van der Waals surface area contributed by atoms with E-state index in [1.54, 1.807) is 0 Å². The van der Waals surface area contributed by atoms with Crippen molar-refractivity contribution in [2.75, 3.05) is 26.7 Å². The van der Waals surface area contributed by atoms with E-state index in [-0.39, 0.29) is 18.4 Å². The first kappa shape index (κ1) is 10.5. The minimum Gasteiger partial charge on any atom is -0.481 e. The Kier molecular flexibility index (Phi) is 3.69. The van der Waals surface area contributed by atoms with Crippen LogP contribution in [0.5, 0.6) is 0 Å². The molecule has 0 radical (unpaired) electrons. The van der Waals surface area contributed by atoms with Gasteiger partial charge in [-0.05, 0) is 38.9 Å². The Balaban J connectivity index is 2.61. The van der Waals surface area contributed by atoms with Crippen molar-refractivity contribution in [2.45, 2.75) is 12.8 Å². The maximum absolute atomic E-state index is 10.9. The molecule has 4 nitrogen and oxygen atoms in total. The molecule has 0 unspecified atom stereocenters. The number of aliphatic carboxylic acids is 1. The number of carbonyl (C=O) groups is 1. The predicted molar refractivity (Wildman–Crippen MR) is 48.4 cm³/mol. The monoisotopic (exact) mass is 187 g/mol. The molecule has 4 heteroatoms. The molecule has 1 heterocycles. The van der Waals surface area contributed by atoms with Crippen LogP contribution >= 0.6 is 0 Å². The second-order valence-electron chi connectivity index (χ2n) is 3.77. The molecule has 76 valence electrons. The van der Waals surface area contributed by atoms with Gasteiger partial charge in [0.2, 0.25) is 0 Å². The maximum atomic E-state index is 10.9. The van der Waals surface area contributed by atoms with Crippen LogP contribution in [0, 0.1) is 11.8 Å². The minimum absolute atomic E-state index is 0.00912. The van der Waals surface area contributed by atoms with Crippen molar-refractivity contribution < 1.29 is 15.0 Å². The van der Waals surface area contributed by atoms with Crippen molar-refractivity contribution in [2.24, 2.45) is 11.8 Å². The maximum Gasteiger partial charge on any atom is 0.306 e. The van der Waals surface area contributed by atoms with E-state index >= 15 is 0 Å². The van der Waals surface area contributed by atoms with Gasteiger partial charge in [0.1, 0.15) is 0 Å². The fourth-order valence-electron chi connectivity index (χ4n) is 1.84. The smallest absolute Gasteiger partial charge is 0.306 e. The SMILES string of the molecule is CN1CC[C@H](CO)[C@H](C(=O)O)CC1. The highest BCUT2D eigenvalue weighted by Crippen LogP contribution is 2.23. The number of hydrogen-bond donors (Lipinski definition) is 2. The molecular formula is C9H17NO3. The Morgan fingerprint density at radius 3 is 2.62 bits per heavy atom. The van der Waals surface area contributed by atoms with Crippen LogP contribution in [0.1, 0.15) is 12.8 Å². The van der Waals surface area contributed by atoms with Crippen molar-refractivity contribution >= 4 is 5.97 Å².